The topological polar surface area (TPSA) is 65.7 Å². The first-order valence-electron chi connectivity index (χ1n) is 18.1. The zero-order valence-corrected chi connectivity index (χ0v) is 29.9. The second kappa shape index (κ2) is 11.9. The van der Waals surface area contributed by atoms with E-state index in [1.54, 1.807) is 6.20 Å². The minimum Gasteiger partial charge on any atom is -0.405 e. The van der Waals surface area contributed by atoms with Gasteiger partial charge in [0, 0.05) is 68.2 Å². The van der Waals surface area contributed by atoms with Gasteiger partial charge in [0.25, 0.3) is 0 Å². The van der Waals surface area contributed by atoms with E-state index in [2.05, 4.69) is 161 Å². The fourth-order valence-electron chi connectivity index (χ4n) is 8.32. The van der Waals surface area contributed by atoms with E-state index >= 15 is 0 Å². The number of aryl methyl sites for hydroxylation is 2. The van der Waals surface area contributed by atoms with Gasteiger partial charge in [0.05, 0.1) is 16.6 Å². The van der Waals surface area contributed by atoms with Crippen molar-refractivity contribution in [2.24, 2.45) is 5.73 Å². The highest BCUT2D eigenvalue weighted by molar-refractivity contribution is 6.10. The highest BCUT2D eigenvalue weighted by atomic mass is 15.1. The molecule has 5 heterocycles. The molecule has 256 valence electrons. The number of aromatic nitrogens is 4. The summed E-state index contributed by atoms with van der Waals surface area (Å²) < 4.78 is 6.96. The Kier molecular flexibility index (Phi) is 6.95. The summed E-state index contributed by atoms with van der Waals surface area (Å²) in [5, 5.41) is 8.31. The quantitative estimate of drug-likeness (QED) is 0.189. The smallest absolute Gasteiger partial charge is 0.145 e. The van der Waals surface area contributed by atoms with Gasteiger partial charge >= 0.3 is 0 Å². The summed E-state index contributed by atoms with van der Waals surface area (Å²) in [5.41, 5.74) is 22.1. The summed E-state index contributed by atoms with van der Waals surface area (Å²) in [5.74, 6) is 1.14. The number of hydrogen-bond donors (Lipinski definition) is 2. The maximum atomic E-state index is 6.02. The summed E-state index contributed by atoms with van der Waals surface area (Å²) in [7, 11) is 0. The lowest BCUT2D eigenvalue weighted by Gasteiger charge is -2.15. The molecule has 0 atom stereocenters. The van der Waals surface area contributed by atoms with Gasteiger partial charge in [0.1, 0.15) is 11.5 Å². The molecular weight excluding hydrogens is 649 g/mol. The van der Waals surface area contributed by atoms with Crippen LogP contribution in [0.1, 0.15) is 27.9 Å². The first-order chi connectivity index (χ1) is 26.0. The van der Waals surface area contributed by atoms with Crippen molar-refractivity contribution in [2.45, 2.75) is 20.8 Å². The van der Waals surface area contributed by atoms with E-state index in [9.17, 15) is 0 Å². The summed E-state index contributed by atoms with van der Waals surface area (Å²) in [6.07, 6.45) is 9.99. The van der Waals surface area contributed by atoms with Crippen LogP contribution in [0.3, 0.4) is 0 Å². The van der Waals surface area contributed by atoms with Crippen molar-refractivity contribution in [3.05, 3.63) is 162 Å². The molecule has 0 unspecified atom stereocenters. The predicted molar refractivity (Wildman–Crippen MR) is 223 cm³/mol. The first kappa shape index (κ1) is 31.0. The normalized spacial score (nSPS) is 12.8. The minimum absolute atomic E-state index is 0.812. The molecule has 5 aromatic carbocycles. The highest BCUT2D eigenvalue weighted by Crippen LogP contribution is 2.40. The predicted octanol–water partition coefficient (Wildman–Crippen LogP) is 11.0. The largest absolute Gasteiger partial charge is 0.405 e. The van der Waals surface area contributed by atoms with Crippen LogP contribution >= 0.6 is 0 Å². The molecule has 1 aliphatic rings. The molecule has 0 fully saturated rings. The molecule has 53 heavy (non-hydrogen) atoms. The van der Waals surface area contributed by atoms with Crippen molar-refractivity contribution in [3.8, 4) is 28.2 Å². The Balaban J connectivity index is 1.14. The molecule has 6 nitrogen and oxygen atoms in total. The fraction of sp³-hybridized carbons (Fsp3) is 0.0851. The molecule has 0 amide bonds. The van der Waals surface area contributed by atoms with Crippen LogP contribution in [0.5, 0.6) is 0 Å². The van der Waals surface area contributed by atoms with Gasteiger partial charge in [0.15, 0.2) is 0 Å². The summed E-state index contributed by atoms with van der Waals surface area (Å²) in [4.78, 5) is 4.95. The lowest BCUT2D eigenvalue weighted by atomic mass is 10.00. The minimum atomic E-state index is 0.812. The van der Waals surface area contributed by atoms with Crippen LogP contribution in [0.2, 0.25) is 0 Å². The number of benzene rings is 5. The van der Waals surface area contributed by atoms with Gasteiger partial charge in [-0.3, -0.25) is 9.13 Å². The van der Waals surface area contributed by atoms with Crippen LogP contribution in [0.15, 0.2) is 134 Å². The Morgan fingerprint density at radius 1 is 0.623 bits per heavy atom. The molecule has 0 saturated carbocycles. The summed E-state index contributed by atoms with van der Waals surface area (Å²) in [6.45, 7) is 7.22. The molecule has 0 saturated heterocycles. The zero-order valence-electron chi connectivity index (χ0n) is 29.9. The molecule has 6 heteroatoms. The number of pyridine rings is 1. The van der Waals surface area contributed by atoms with Crippen LogP contribution in [0.25, 0.3) is 84.1 Å². The third kappa shape index (κ3) is 4.76. The second-order valence-corrected chi connectivity index (χ2v) is 14.1. The van der Waals surface area contributed by atoms with Crippen molar-refractivity contribution in [2.75, 3.05) is 11.9 Å². The highest BCUT2D eigenvalue weighted by Gasteiger charge is 2.21. The number of nitrogens with two attached hydrogens (primary N) is 1. The average molecular weight is 687 g/mol. The van der Waals surface area contributed by atoms with E-state index in [1.165, 1.54) is 44.1 Å². The van der Waals surface area contributed by atoms with Crippen molar-refractivity contribution >= 4 is 61.7 Å². The molecule has 0 spiro atoms. The Bertz CT molecular complexity index is 2970. The van der Waals surface area contributed by atoms with Crippen LogP contribution < -0.4 is 11.1 Å². The summed E-state index contributed by atoms with van der Waals surface area (Å²) >= 11 is 0. The second-order valence-electron chi connectivity index (χ2n) is 14.1. The van der Waals surface area contributed by atoms with Crippen LogP contribution in [0.4, 0.5) is 5.82 Å². The first-order valence-corrected chi connectivity index (χ1v) is 18.1. The van der Waals surface area contributed by atoms with E-state index in [0.29, 0.717) is 0 Å². The van der Waals surface area contributed by atoms with E-state index in [0.717, 1.165) is 68.1 Å². The van der Waals surface area contributed by atoms with Crippen molar-refractivity contribution in [1.29, 1.82) is 0 Å². The average Bonchev–Trinajstić information content (AvgIpc) is 3.80. The molecule has 4 aromatic heterocycles. The Hall–Kier alpha value is -6.79. The fourth-order valence-corrected chi connectivity index (χ4v) is 8.32. The van der Waals surface area contributed by atoms with Gasteiger partial charge in [-0.2, -0.15) is 0 Å². The third-order valence-corrected chi connectivity index (χ3v) is 10.9. The van der Waals surface area contributed by atoms with Gasteiger partial charge in [-0.1, -0.05) is 59.7 Å². The lowest BCUT2D eigenvalue weighted by Crippen LogP contribution is -2.08. The molecule has 0 aliphatic carbocycles. The number of fused-ring (bicyclic) bond motifs is 7. The van der Waals surface area contributed by atoms with Crippen LogP contribution in [-0.2, 0) is 0 Å². The van der Waals surface area contributed by atoms with Crippen LogP contribution in [0, 0.1) is 20.8 Å². The molecule has 10 rings (SSSR count). The number of rotatable bonds is 5. The monoisotopic (exact) mass is 686 g/mol. The Morgan fingerprint density at radius 3 is 1.96 bits per heavy atom. The summed E-state index contributed by atoms with van der Waals surface area (Å²) in [6, 6.07) is 42.1. The third-order valence-electron chi connectivity index (χ3n) is 10.9. The maximum absolute atomic E-state index is 6.02. The van der Waals surface area contributed by atoms with Gasteiger partial charge < -0.3 is 15.6 Å². The standard InChI is InChI=1S/C47H38N6/c1-29-8-14-34(15-9-29)51-31(3)37(22-23-48)42-28-36(18-21-43(42)51)53-45-20-13-33(27-41(45)39-7-5-25-50-47(39)53)32-12-19-44-40(26-32)38-6-4-24-49-46(38)52(44)35-16-10-30(2)11-17-35/h4-23,25-28,49H,24,48H2,1-3H3/b23-22-. The van der Waals surface area contributed by atoms with E-state index in [4.69, 9.17) is 10.7 Å². The Morgan fingerprint density at radius 2 is 1.25 bits per heavy atom. The van der Waals surface area contributed by atoms with E-state index in [1.807, 2.05) is 18.3 Å². The van der Waals surface area contributed by atoms with Gasteiger partial charge in [-0.05, 0) is 123 Å². The molecule has 3 N–H and O–H groups in total. The van der Waals surface area contributed by atoms with Gasteiger partial charge in [-0.25, -0.2) is 4.98 Å². The lowest BCUT2D eigenvalue weighted by molar-refractivity contribution is 1.05. The van der Waals surface area contributed by atoms with Crippen LogP contribution in [-0.4, -0.2) is 25.2 Å². The zero-order chi connectivity index (χ0) is 35.8. The van der Waals surface area contributed by atoms with E-state index < -0.39 is 0 Å². The molecule has 0 radical (unpaired) electrons. The van der Waals surface area contributed by atoms with Crippen molar-refractivity contribution < 1.29 is 0 Å². The van der Waals surface area contributed by atoms with Crippen molar-refractivity contribution in [3.63, 3.8) is 0 Å². The molecule has 0 bridgehead atoms. The molecule has 9 aromatic rings. The molecule has 1 aliphatic heterocycles. The maximum Gasteiger partial charge on any atom is 0.145 e. The van der Waals surface area contributed by atoms with Gasteiger partial charge in [-0.15, -0.1) is 0 Å². The Labute approximate surface area is 307 Å². The number of nitrogens with zero attached hydrogens (tertiary/aromatic N) is 4. The number of anilines is 1. The van der Waals surface area contributed by atoms with Gasteiger partial charge in [0.2, 0.25) is 0 Å². The van der Waals surface area contributed by atoms with Crippen molar-refractivity contribution in [1.82, 2.24) is 18.7 Å². The number of hydrogen-bond acceptors (Lipinski definition) is 3. The van der Waals surface area contributed by atoms with E-state index in [-0.39, 0.29) is 0 Å². The number of nitrogens with one attached hydrogen (secondary N) is 1. The SMILES string of the molecule is Cc1ccc(-n2c(C)c(/C=C\N)c3cc(-n4c5ccc(-c6ccc7c(c6)c6c(n7-c7ccc(C)cc7)NCC=C6)cc5c5cccnc54)ccc32)cc1. The molecular formula is C47H38N6.